The van der Waals surface area contributed by atoms with Crippen LogP contribution in [-0.2, 0) is 0 Å². The Morgan fingerprint density at radius 3 is 2.93 bits per heavy atom. The molecule has 0 aliphatic heterocycles. The average molecular weight is 377 g/mol. The number of fused-ring (bicyclic) bond motifs is 1. The number of nitrogens with one attached hydrogen (secondary N) is 4. The summed E-state index contributed by atoms with van der Waals surface area (Å²) in [5.41, 5.74) is 3.08. The molecule has 4 N–H and O–H groups in total. The molecule has 1 aliphatic carbocycles. The molecule has 0 bridgehead atoms. The number of aromatic amines is 2. The van der Waals surface area contributed by atoms with Crippen LogP contribution in [0.2, 0.25) is 0 Å². The second-order valence-corrected chi connectivity index (χ2v) is 7.15. The van der Waals surface area contributed by atoms with Crippen LogP contribution in [0.15, 0.2) is 48.8 Å². The Labute approximate surface area is 160 Å². The molecule has 0 saturated heterocycles. The smallest absolute Gasteiger partial charge is 0.225 e. The van der Waals surface area contributed by atoms with Crippen molar-refractivity contribution in [3.8, 4) is 0 Å². The monoisotopic (exact) mass is 377 g/mol. The number of aromatic nitrogens is 5. The van der Waals surface area contributed by atoms with E-state index in [-0.39, 0.29) is 12.0 Å². The molecule has 7 nitrogen and oxygen atoms in total. The van der Waals surface area contributed by atoms with Gasteiger partial charge in [-0.3, -0.25) is 5.10 Å². The molecule has 142 valence electrons. The van der Waals surface area contributed by atoms with E-state index in [0.29, 0.717) is 24.0 Å². The van der Waals surface area contributed by atoms with Crippen LogP contribution in [0.4, 0.5) is 22.0 Å². The van der Waals surface area contributed by atoms with Crippen LogP contribution in [0.25, 0.3) is 10.9 Å². The van der Waals surface area contributed by atoms with Crippen molar-refractivity contribution in [3.63, 3.8) is 0 Å². The van der Waals surface area contributed by atoms with Crippen molar-refractivity contribution in [1.29, 1.82) is 0 Å². The van der Waals surface area contributed by atoms with Gasteiger partial charge in [-0.15, -0.1) is 0 Å². The van der Waals surface area contributed by atoms with Crippen LogP contribution in [0.5, 0.6) is 0 Å². The third-order valence-corrected chi connectivity index (χ3v) is 5.04. The third kappa shape index (κ3) is 3.28. The molecule has 1 aliphatic rings. The third-order valence-electron chi connectivity index (χ3n) is 5.04. The van der Waals surface area contributed by atoms with E-state index in [4.69, 9.17) is 0 Å². The molecule has 1 saturated carbocycles. The maximum Gasteiger partial charge on any atom is 0.225 e. The molecule has 0 radical (unpaired) electrons. The number of anilines is 3. The highest BCUT2D eigenvalue weighted by Gasteiger charge is 2.40. The van der Waals surface area contributed by atoms with Crippen molar-refractivity contribution >= 4 is 28.5 Å². The molecule has 28 heavy (non-hydrogen) atoms. The predicted octanol–water partition coefficient (Wildman–Crippen LogP) is 4.42. The zero-order valence-corrected chi connectivity index (χ0v) is 15.3. The van der Waals surface area contributed by atoms with Gasteiger partial charge >= 0.3 is 0 Å². The number of nitrogens with zero attached hydrogens (tertiary/aromatic N) is 3. The minimum Gasteiger partial charge on any atom is -0.361 e. The Balaban J connectivity index is 1.29. The summed E-state index contributed by atoms with van der Waals surface area (Å²) >= 11 is 0. The molecular formula is C20H20FN7. The molecule has 3 heterocycles. The van der Waals surface area contributed by atoms with Crippen molar-refractivity contribution in [2.45, 2.75) is 31.5 Å². The van der Waals surface area contributed by atoms with Gasteiger partial charge in [-0.25, -0.2) is 9.37 Å². The van der Waals surface area contributed by atoms with Crippen molar-refractivity contribution < 1.29 is 4.39 Å². The van der Waals surface area contributed by atoms with Crippen LogP contribution in [0.1, 0.15) is 36.6 Å². The van der Waals surface area contributed by atoms with E-state index in [1.165, 1.54) is 5.39 Å². The van der Waals surface area contributed by atoms with Crippen molar-refractivity contribution in [1.82, 2.24) is 25.1 Å². The molecule has 0 spiro atoms. The molecular weight excluding hydrogens is 357 g/mol. The zero-order valence-electron chi connectivity index (χ0n) is 15.3. The lowest BCUT2D eigenvalue weighted by Crippen LogP contribution is -2.10. The number of benzene rings is 1. The van der Waals surface area contributed by atoms with Gasteiger partial charge in [0.1, 0.15) is 12.0 Å². The first-order valence-corrected chi connectivity index (χ1v) is 9.29. The Morgan fingerprint density at radius 2 is 2.07 bits per heavy atom. The largest absolute Gasteiger partial charge is 0.361 e. The Kier molecular flexibility index (Phi) is 3.96. The Morgan fingerprint density at radius 1 is 1.18 bits per heavy atom. The molecule has 0 unspecified atom stereocenters. The summed E-state index contributed by atoms with van der Waals surface area (Å²) in [5, 5.41) is 14.7. The SMILES string of the molecule is C[C@H](Nc1nccc(Nc2cc([C@@H]3C[C@@H]3F)[nH]n2)n1)c1ccc2[nH]ccc2c1. The molecule has 1 fully saturated rings. The highest BCUT2D eigenvalue weighted by molar-refractivity contribution is 5.80. The second kappa shape index (κ2) is 6.63. The summed E-state index contributed by atoms with van der Waals surface area (Å²) in [6.45, 7) is 2.07. The van der Waals surface area contributed by atoms with Crippen LogP contribution in [0.3, 0.4) is 0 Å². The fraction of sp³-hybridized carbons (Fsp3) is 0.250. The van der Waals surface area contributed by atoms with E-state index in [2.05, 4.69) is 67.0 Å². The lowest BCUT2D eigenvalue weighted by Gasteiger charge is -2.15. The maximum absolute atomic E-state index is 13.2. The lowest BCUT2D eigenvalue weighted by molar-refractivity contribution is 0.466. The molecule has 8 heteroatoms. The number of halogens is 1. The van der Waals surface area contributed by atoms with E-state index in [1.54, 1.807) is 12.3 Å². The van der Waals surface area contributed by atoms with E-state index in [9.17, 15) is 4.39 Å². The summed E-state index contributed by atoms with van der Waals surface area (Å²) in [5.74, 6) is 1.71. The maximum atomic E-state index is 13.2. The summed E-state index contributed by atoms with van der Waals surface area (Å²) < 4.78 is 13.2. The van der Waals surface area contributed by atoms with Gasteiger partial charge in [-0.05, 0) is 48.6 Å². The predicted molar refractivity (Wildman–Crippen MR) is 106 cm³/mol. The van der Waals surface area contributed by atoms with Gasteiger partial charge in [0, 0.05) is 35.6 Å². The first-order valence-electron chi connectivity index (χ1n) is 9.29. The van der Waals surface area contributed by atoms with Gasteiger partial charge in [0.2, 0.25) is 5.95 Å². The highest BCUT2D eigenvalue weighted by atomic mass is 19.1. The fourth-order valence-electron chi connectivity index (χ4n) is 3.32. The van der Waals surface area contributed by atoms with Gasteiger partial charge < -0.3 is 15.6 Å². The van der Waals surface area contributed by atoms with Crippen molar-refractivity contribution in [3.05, 3.63) is 60.0 Å². The minimum atomic E-state index is -0.755. The second-order valence-electron chi connectivity index (χ2n) is 7.15. The standard InChI is InChI=1S/C20H20FN7/c1-11(12-2-3-16-13(8-12)4-6-22-16)24-20-23-7-5-18(26-20)25-19-10-17(27-28-19)14-9-15(14)21/h2-8,10-11,14-15,22H,9H2,1H3,(H3,23,24,25,26,27,28)/t11-,14+,15-/m0/s1. The summed E-state index contributed by atoms with van der Waals surface area (Å²) in [6, 6.07) is 12.0. The first-order chi connectivity index (χ1) is 13.7. The molecule has 3 aromatic heterocycles. The fourth-order valence-corrected chi connectivity index (χ4v) is 3.32. The first kappa shape index (κ1) is 16.7. The summed E-state index contributed by atoms with van der Waals surface area (Å²) in [6.07, 6.45) is 3.43. The number of hydrogen-bond acceptors (Lipinski definition) is 5. The Bertz CT molecular complexity index is 1120. The van der Waals surface area contributed by atoms with E-state index in [1.807, 2.05) is 12.3 Å². The molecule has 0 amide bonds. The molecule has 4 aromatic rings. The molecule has 3 atom stereocenters. The van der Waals surface area contributed by atoms with Gasteiger partial charge in [0.25, 0.3) is 0 Å². The summed E-state index contributed by atoms with van der Waals surface area (Å²) in [7, 11) is 0. The normalized spacial score (nSPS) is 19.5. The number of alkyl halides is 1. The lowest BCUT2D eigenvalue weighted by atomic mass is 10.1. The van der Waals surface area contributed by atoms with Crippen molar-refractivity contribution in [2.75, 3.05) is 10.6 Å². The van der Waals surface area contributed by atoms with Gasteiger partial charge in [0.05, 0.1) is 6.04 Å². The van der Waals surface area contributed by atoms with Crippen LogP contribution < -0.4 is 10.6 Å². The average Bonchev–Trinajstić information content (AvgIpc) is 3.09. The van der Waals surface area contributed by atoms with Crippen LogP contribution in [-0.4, -0.2) is 31.3 Å². The van der Waals surface area contributed by atoms with E-state index >= 15 is 0 Å². The van der Waals surface area contributed by atoms with Gasteiger partial charge in [-0.2, -0.15) is 10.1 Å². The van der Waals surface area contributed by atoms with Crippen LogP contribution in [0, 0.1) is 0 Å². The summed E-state index contributed by atoms with van der Waals surface area (Å²) in [4.78, 5) is 12.0. The van der Waals surface area contributed by atoms with Gasteiger partial charge in [0.15, 0.2) is 5.82 Å². The molecule has 1 aromatic carbocycles. The van der Waals surface area contributed by atoms with E-state index < -0.39 is 6.17 Å². The minimum absolute atomic E-state index is 0.0443. The molecule has 5 rings (SSSR count). The van der Waals surface area contributed by atoms with Gasteiger partial charge in [-0.1, -0.05) is 6.07 Å². The zero-order chi connectivity index (χ0) is 19.1. The van der Waals surface area contributed by atoms with Crippen LogP contribution >= 0.6 is 0 Å². The number of hydrogen-bond donors (Lipinski definition) is 4. The number of rotatable bonds is 6. The number of H-pyrrole nitrogens is 2. The quantitative estimate of drug-likeness (QED) is 0.399. The van der Waals surface area contributed by atoms with Crippen molar-refractivity contribution in [2.24, 2.45) is 0 Å². The topological polar surface area (TPSA) is 94.3 Å². The van der Waals surface area contributed by atoms with E-state index in [0.717, 1.165) is 16.8 Å². The Hall–Kier alpha value is -3.42. The highest BCUT2D eigenvalue weighted by Crippen LogP contribution is 2.43.